The van der Waals surface area contributed by atoms with Crippen LogP contribution < -0.4 is 5.32 Å². The fourth-order valence-electron chi connectivity index (χ4n) is 1.86. The molecule has 1 unspecified atom stereocenters. The highest BCUT2D eigenvalue weighted by Crippen LogP contribution is 2.49. The monoisotopic (exact) mass is 195 g/mol. The summed E-state index contributed by atoms with van der Waals surface area (Å²) >= 11 is 0. The normalized spacial score (nSPS) is 20.5. The Hall–Kier alpha value is -0.300. The predicted molar refractivity (Wildman–Crippen MR) is 63.5 cm³/mol. The second kappa shape index (κ2) is 4.97. The van der Waals surface area contributed by atoms with Crippen molar-refractivity contribution in [3.63, 3.8) is 0 Å². The maximum absolute atomic E-state index is 4.12. The van der Waals surface area contributed by atoms with E-state index in [-0.39, 0.29) is 0 Å². The van der Waals surface area contributed by atoms with Crippen molar-refractivity contribution in [3.05, 3.63) is 12.2 Å². The van der Waals surface area contributed by atoms with Gasteiger partial charge in [0.1, 0.15) is 0 Å². The maximum Gasteiger partial charge on any atom is 0.0158 e. The van der Waals surface area contributed by atoms with Crippen molar-refractivity contribution in [2.24, 2.45) is 5.41 Å². The molecule has 1 heteroatoms. The van der Waals surface area contributed by atoms with Crippen molar-refractivity contribution in [1.82, 2.24) is 5.32 Å². The summed E-state index contributed by atoms with van der Waals surface area (Å²) in [5.74, 6) is 0. The van der Waals surface area contributed by atoms with E-state index in [1.165, 1.54) is 31.3 Å². The van der Waals surface area contributed by atoms with Crippen LogP contribution in [0.25, 0.3) is 0 Å². The maximum atomic E-state index is 4.12. The van der Waals surface area contributed by atoms with Crippen LogP contribution in [0.1, 0.15) is 52.9 Å². The summed E-state index contributed by atoms with van der Waals surface area (Å²) in [7, 11) is 0. The van der Waals surface area contributed by atoms with Crippen LogP contribution in [0.2, 0.25) is 0 Å². The summed E-state index contributed by atoms with van der Waals surface area (Å²) < 4.78 is 0. The van der Waals surface area contributed by atoms with E-state index in [4.69, 9.17) is 0 Å². The average Bonchev–Trinajstić information content (AvgIpc) is 2.91. The Morgan fingerprint density at radius 1 is 1.43 bits per heavy atom. The second-order valence-electron chi connectivity index (χ2n) is 4.97. The first kappa shape index (κ1) is 11.8. The molecule has 1 atom stereocenters. The Balaban J connectivity index is 2.41. The van der Waals surface area contributed by atoms with E-state index >= 15 is 0 Å². The first-order valence-electron chi connectivity index (χ1n) is 6.02. The molecule has 1 saturated carbocycles. The topological polar surface area (TPSA) is 12.0 Å². The van der Waals surface area contributed by atoms with Crippen molar-refractivity contribution < 1.29 is 0 Å². The molecule has 1 nitrogen and oxygen atoms in total. The SMILES string of the molecule is C=C(CC)CC(NCCC)C1(C)CC1. The molecule has 0 heterocycles. The Bertz CT molecular complexity index is 191. The molecule has 1 N–H and O–H groups in total. The van der Waals surface area contributed by atoms with Crippen LogP contribution in [0.4, 0.5) is 0 Å². The van der Waals surface area contributed by atoms with Crippen molar-refractivity contribution in [2.75, 3.05) is 6.54 Å². The first-order valence-corrected chi connectivity index (χ1v) is 6.02. The van der Waals surface area contributed by atoms with Gasteiger partial charge >= 0.3 is 0 Å². The lowest BCUT2D eigenvalue weighted by atomic mass is 9.92. The van der Waals surface area contributed by atoms with E-state index in [1.54, 1.807) is 0 Å². The van der Waals surface area contributed by atoms with Gasteiger partial charge in [0.25, 0.3) is 0 Å². The fourth-order valence-corrected chi connectivity index (χ4v) is 1.86. The van der Waals surface area contributed by atoms with Crippen molar-refractivity contribution in [3.8, 4) is 0 Å². The van der Waals surface area contributed by atoms with Gasteiger partial charge in [-0.2, -0.15) is 0 Å². The summed E-state index contributed by atoms with van der Waals surface area (Å²) in [6, 6.07) is 0.676. The molecule has 0 spiro atoms. The molecular formula is C13H25N. The smallest absolute Gasteiger partial charge is 0.0158 e. The Labute approximate surface area is 89.0 Å². The van der Waals surface area contributed by atoms with Crippen LogP contribution in [0.15, 0.2) is 12.2 Å². The van der Waals surface area contributed by atoms with Gasteiger partial charge in [-0.15, -0.1) is 0 Å². The Morgan fingerprint density at radius 3 is 2.50 bits per heavy atom. The third-order valence-corrected chi connectivity index (χ3v) is 3.51. The molecule has 0 aromatic heterocycles. The zero-order valence-electron chi connectivity index (χ0n) is 10.0. The van der Waals surface area contributed by atoms with E-state index < -0.39 is 0 Å². The summed E-state index contributed by atoms with van der Waals surface area (Å²) in [4.78, 5) is 0. The molecule has 0 saturated heterocycles. The third kappa shape index (κ3) is 3.13. The zero-order chi connectivity index (χ0) is 10.6. The number of nitrogens with one attached hydrogen (secondary N) is 1. The van der Waals surface area contributed by atoms with Gasteiger partial charge in [0, 0.05) is 6.04 Å². The van der Waals surface area contributed by atoms with Crippen LogP contribution in [-0.2, 0) is 0 Å². The largest absolute Gasteiger partial charge is 0.313 e. The summed E-state index contributed by atoms with van der Waals surface area (Å²) in [5, 5.41) is 3.68. The van der Waals surface area contributed by atoms with Crippen LogP contribution >= 0.6 is 0 Å². The quantitative estimate of drug-likeness (QED) is 0.613. The molecule has 1 aliphatic carbocycles. The fraction of sp³-hybridized carbons (Fsp3) is 0.846. The van der Waals surface area contributed by atoms with E-state index in [0.717, 1.165) is 13.0 Å². The lowest BCUT2D eigenvalue weighted by Crippen LogP contribution is -2.37. The average molecular weight is 195 g/mol. The van der Waals surface area contributed by atoms with Gasteiger partial charge < -0.3 is 5.32 Å². The first-order chi connectivity index (χ1) is 6.62. The number of hydrogen-bond acceptors (Lipinski definition) is 1. The highest BCUT2D eigenvalue weighted by molar-refractivity contribution is 5.06. The van der Waals surface area contributed by atoms with E-state index in [9.17, 15) is 0 Å². The summed E-state index contributed by atoms with van der Waals surface area (Å²) in [6.07, 6.45) is 6.31. The third-order valence-electron chi connectivity index (χ3n) is 3.51. The molecule has 1 fully saturated rings. The number of hydrogen-bond donors (Lipinski definition) is 1. The standard InChI is InChI=1S/C13H25N/c1-5-9-14-12(10-11(3)6-2)13(4)7-8-13/h12,14H,3,5-10H2,1-2,4H3. The lowest BCUT2D eigenvalue weighted by Gasteiger charge is -2.25. The summed E-state index contributed by atoms with van der Waals surface area (Å²) in [5.41, 5.74) is 1.97. The van der Waals surface area contributed by atoms with Crippen LogP contribution in [0.5, 0.6) is 0 Å². The zero-order valence-corrected chi connectivity index (χ0v) is 10.0. The van der Waals surface area contributed by atoms with Crippen LogP contribution in [0, 0.1) is 5.41 Å². The Kier molecular flexibility index (Phi) is 4.18. The molecular weight excluding hydrogens is 170 g/mol. The van der Waals surface area contributed by atoms with Gasteiger partial charge in [-0.25, -0.2) is 0 Å². The molecule has 0 amide bonds. The van der Waals surface area contributed by atoms with Crippen LogP contribution in [0.3, 0.4) is 0 Å². The predicted octanol–water partition coefficient (Wildman–Crippen LogP) is 3.51. The minimum absolute atomic E-state index is 0.577. The van der Waals surface area contributed by atoms with Crippen molar-refractivity contribution in [1.29, 1.82) is 0 Å². The molecule has 0 aliphatic heterocycles. The molecule has 1 aliphatic rings. The van der Waals surface area contributed by atoms with E-state index in [1.807, 2.05) is 0 Å². The molecule has 0 bridgehead atoms. The summed E-state index contributed by atoms with van der Waals surface area (Å²) in [6.45, 7) is 12.1. The minimum Gasteiger partial charge on any atom is -0.313 e. The molecule has 14 heavy (non-hydrogen) atoms. The van der Waals surface area contributed by atoms with Crippen molar-refractivity contribution >= 4 is 0 Å². The molecule has 1 rings (SSSR count). The van der Waals surface area contributed by atoms with Crippen molar-refractivity contribution in [2.45, 2.75) is 58.9 Å². The number of rotatable bonds is 7. The van der Waals surface area contributed by atoms with E-state index in [2.05, 4.69) is 32.7 Å². The molecule has 0 aromatic rings. The molecule has 0 aromatic carbocycles. The van der Waals surface area contributed by atoms with Gasteiger partial charge in [-0.1, -0.05) is 32.9 Å². The highest BCUT2D eigenvalue weighted by Gasteiger charge is 2.44. The van der Waals surface area contributed by atoms with Gasteiger partial charge in [-0.05, 0) is 44.1 Å². The molecule has 82 valence electrons. The second-order valence-corrected chi connectivity index (χ2v) is 4.97. The van der Waals surface area contributed by atoms with Crippen LogP contribution in [-0.4, -0.2) is 12.6 Å². The van der Waals surface area contributed by atoms with Gasteiger partial charge in [0.15, 0.2) is 0 Å². The molecule has 0 radical (unpaired) electrons. The Morgan fingerprint density at radius 2 is 2.07 bits per heavy atom. The van der Waals surface area contributed by atoms with Gasteiger partial charge in [-0.3, -0.25) is 0 Å². The van der Waals surface area contributed by atoms with Gasteiger partial charge in [0.2, 0.25) is 0 Å². The minimum atomic E-state index is 0.577. The lowest BCUT2D eigenvalue weighted by molar-refractivity contribution is 0.352. The van der Waals surface area contributed by atoms with E-state index in [0.29, 0.717) is 11.5 Å². The highest BCUT2D eigenvalue weighted by atomic mass is 14.9. The van der Waals surface area contributed by atoms with Gasteiger partial charge in [0.05, 0.1) is 0 Å².